The largest absolute Gasteiger partial charge is 0.356 e. The van der Waals surface area contributed by atoms with Gasteiger partial charge < -0.3 is 10.6 Å². The summed E-state index contributed by atoms with van der Waals surface area (Å²) in [5, 5.41) is 14.5. The van der Waals surface area contributed by atoms with Crippen LogP contribution in [0.15, 0.2) is 34.5 Å². The summed E-state index contributed by atoms with van der Waals surface area (Å²) in [5.74, 6) is -0.309. The quantitative estimate of drug-likeness (QED) is 0.304. The highest BCUT2D eigenvalue weighted by molar-refractivity contribution is 8.15. The molecule has 1 fully saturated rings. The third-order valence-electron chi connectivity index (χ3n) is 4.55. The number of carbonyl (C=O) groups is 2. The van der Waals surface area contributed by atoms with Gasteiger partial charge in [0.25, 0.3) is 0 Å². The summed E-state index contributed by atoms with van der Waals surface area (Å²) in [5.41, 5.74) is 1.61. The van der Waals surface area contributed by atoms with Crippen LogP contribution in [-0.4, -0.2) is 34.5 Å². The molecule has 0 radical (unpaired) electrons. The molecule has 1 heterocycles. The Morgan fingerprint density at radius 3 is 2.59 bits per heavy atom. The van der Waals surface area contributed by atoms with Crippen molar-refractivity contribution in [3.8, 4) is 0 Å². The molecular formula is C21H29ClN4O2S. The number of amides is 2. The van der Waals surface area contributed by atoms with Crippen molar-refractivity contribution in [3.05, 3.63) is 34.9 Å². The fraction of sp³-hybridized carbons (Fsp3) is 0.524. The van der Waals surface area contributed by atoms with Gasteiger partial charge in [-0.1, -0.05) is 74.5 Å². The lowest BCUT2D eigenvalue weighted by molar-refractivity contribution is -0.125. The minimum absolute atomic E-state index is 0.103. The van der Waals surface area contributed by atoms with Crippen molar-refractivity contribution in [1.82, 2.24) is 10.6 Å². The maximum Gasteiger partial charge on any atom is 0.240 e. The second-order valence-corrected chi connectivity index (χ2v) is 8.64. The van der Waals surface area contributed by atoms with E-state index in [0.29, 0.717) is 22.4 Å². The van der Waals surface area contributed by atoms with Crippen molar-refractivity contribution in [3.63, 3.8) is 0 Å². The minimum Gasteiger partial charge on any atom is -0.356 e. The van der Waals surface area contributed by atoms with Gasteiger partial charge in [0.15, 0.2) is 5.17 Å². The van der Waals surface area contributed by atoms with Gasteiger partial charge in [-0.05, 0) is 31.0 Å². The van der Waals surface area contributed by atoms with Crippen LogP contribution in [0.2, 0.25) is 5.02 Å². The number of amidine groups is 1. The number of thioether (sulfide) groups is 1. The van der Waals surface area contributed by atoms with Crippen LogP contribution in [0.25, 0.3) is 0 Å². The Morgan fingerprint density at radius 1 is 1.17 bits per heavy atom. The summed E-state index contributed by atoms with van der Waals surface area (Å²) in [7, 11) is 0. The van der Waals surface area contributed by atoms with Crippen LogP contribution in [0.1, 0.15) is 64.4 Å². The number of nitrogens with one attached hydrogen (secondary N) is 2. The van der Waals surface area contributed by atoms with E-state index in [1.54, 1.807) is 12.1 Å². The number of unbranched alkanes of at least 4 members (excludes halogenated alkanes) is 5. The van der Waals surface area contributed by atoms with Gasteiger partial charge in [-0.15, -0.1) is 5.10 Å². The van der Waals surface area contributed by atoms with Crippen molar-refractivity contribution in [2.45, 2.75) is 64.0 Å². The molecule has 1 aliphatic rings. The maximum absolute atomic E-state index is 12.1. The Morgan fingerprint density at radius 2 is 1.86 bits per heavy atom. The van der Waals surface area contributed by atoms with Crippen LogP contribution in [0.4, 0.5) is 0 Å². The maximum atomic E-state index is 12.1. The molecule has 0 aromatic heterocycles. The fourth-order valence-corrected chi connectivity index (χ4v) is 3.87. The molecule has 2 rings (SSSR count). The standard InChI is InChI=1S/C21H29ClN4O2S/c1-3-4-5-6-7-8-13-23-19(27)14-18-20(28)24-21(29-18)26-25-15(2)16-9-11-17(22)12-10-16/h9-12,18H,3-8,13-14H2,1-2H3,(H,23,27)(H,24,26,28)/b25-15+. The van der Waals surface area contributed by atoms with Gasteiger partial charge in [0.05, 0.1) is 5.71 Å². The molecule has 1 aliphatic heterocycles. The number of hydrogen-bond acceptors (Lipinski definition) is 5. The Balaban J connectivity index is 1.74. The van der Waals surface area contributed by atoms with Crippen LogP contribution in [-0.2, 0) is 9.59 Å². The van der Waals surface area contributed by atoms with Crippen molar-refractivity contribution >= 4 is 46.1 Å². The van der Waals surface area contributed by atoms with E-state index in [9.17, 15) is 9.59 Å². The monoisotopic (exact) mass is 436 g/mol. The van der Waals surface area contributed by atoms with Crippen LogP contribution in [0, 0.1) is 0 Å². The normalized spacial score (nSPS) is 18.2. The Bertz CT molecular complexity index is 750. The van der Waals surface area contributed by atoms with E-state index in [0.717, 1.165) is 18.4 Å². The molecule has 8 heteroatoms. The second-order valence-electron chi connectivity index (χ2n) is 7.02. The molecule has 2 N–H and O–H groups in total. The predicted molar refractivity (Wildman–Crippen MR) is 122 cm³/mol. The predicted octanol–water partition coefficient (Wildman–Crippen LogP) is 4.52. The first-order valence-corrected chi connectivity index (χ1v) is 11.4. The van der Waals surface area contributed by atoms with Crippen LogP contribution < -0.4 is 10.6 Å². The lowest BCUT2D eigenvalue weighted by Gasteiger charge is -2.07. The lowest BCUT2D eigenvalue weighted by atomic mass is 10.1. The van der Waals surface area contributed by atoms with Gasteiger partial charge >= 0.3 is 0 Å². The minimum atomic E-state index is -0.468. The molecule has 0 saturated carbocycles. The van der Waals surface area contributed by atoms with Gasteiger partial charge in [-0.2, -0.15) is 5.10 Å². The fourth-order valence-electron chi connectivity index (χ4n) is 2.83. The molecule has 2 amide bonds. The lowest BCUT2D eigenvalue weighted by Crippen LogP contribution is -2.31. The molecule has 0 bridgehead atoms. The summed E-state index contributed by atoms with van der Waals surface area (Å²) < 4.78 is 0. The molecule has 1 aromatic carbocycles. The third-order valence-corrected chi connectivity index (χ3v) is 5.88. The highest BCUT2D eigenvalue weighted by atomic mass is 35.5. The van der Waals surface area contributed by atoms with Crippen molar-refractivity contribution in [2.75, 3.05) is 6.54 Å². The third kappa shape index (κ3) is 8.58. The summed E-state index contributed by atoms with van der Waals surface area (Å²) >= 11 is 7.13. The van der Waals surface area contributed by atoms with E-state index in [4.69, 9.17) is 11.6 Å². The molecule has 29 heavy (non-hydrogen) atoms. The SMILES string of the molecule is CCCCCCCCNC(=O)CC1S/C(=N\N=C(/C)c2ccc(Cl)cc2)NC1=O. The van der Waals surface area contributed by atoms with Gasteiger partial charge in [-0.25, -0.2) is 0 Å². The number of nitrogens with zero attached hydrogens (tertiary/aromatic N) is 2. The van der Waals surface area contributed by atoms with Crippen LogP contribution in [0.5, 0.6) is 0 Å². The molecule has 1 saturated heterocycles. The number of carbonyl (C=O) groups excluding carboxylic acids is 2. The number of rotatable bonds is 11. The smallest absolute Gasteiger partial charge is 0.240 e. The van der Waals surface area contributed by atoms with Crippen molar-refractivity contribution in [1.29, 1.82) is 0 Å². The zero-order valence-corrected chi connectivity index (χ0v) is 18.6. The topological polar surface area (TPSA) is 82.9 Å². The summed E-state index contributed by atoms with van der Waals surface area (Å²) in [6.07, 6.45) is 7.21. The Kier molecular flexibility index (Phi) is 10.2. The van der Waals surface area contributed by atoms with E-state index in [-0.39, 0.29) is 18.2 Å². The van der Waals surface area contributed by atoms with Gasteiger partial charge in [0.2, 0.25) is 11.8 Å². The molecule has 1 unspecified atom stereocenters. The van der Waals surface area contributed by atoms with Crippen LogP contribution >= 0.6 is 23.4 Å². The number of benzene rings is 1. The zero-order chi connectivity index (χ0) is 21.1. The van der Waals surface area contributed by atoms with Crippen LogP contribution in [0.3, 0.4) is 0 Å². The first-order valence-electron chi connectivity index (χ1n) is 10.1. The zero-order valence-electron chi connectivity index (χ0n) is 17.0. The van der Waals surface area contributed by atoms with E-state index in [2.05, 4.69) is 27.8 Å². The second kappa shape index (κ2) is 12.6. The highest BCUT2D eigenvalue weighted by Crippen LogP contribution is 2.22. The highest BCUT2D eigenvalue weighted by Gasteiger charge is 2.32. The van der Waals surface area contributed by atoms with E-state index in [1.165, 1.54) is 37.4 Å². The molecule has 0 spiro atoms. The van der Waals surface area contributed by atoms with Gasteiger partial charge in [0.1, 0.15) is 5.25 Å². The molecule has 1 aromatic rings. The Labute approximate surface area is 182 Å². The summed E-state index contributed by atoms with van der Waals surface area (Å²) in [6.45, 7) is 4.69. The first-order chi connectivity index (χ1) is 14.0. The molecule has 0 aliphatic carbocycles. The molecule has 1 atom stereocenters. The van der Waals surface area contributed by atoms with Gasteiger partial charge in [-0.3, -0.25) is 9.59 Å². The summed E-state index contributed by atoms with van der Waals surface area (Å²) in [4.78, 5) is 24.2. The van der Waals surface area contributed by atoms with E-state index >= 15 is 0 Å². The van der Waals surface area contributed by atoms with E-state index in [1.807, 2.05) is 19.1 Å². The van der Waals surface area contributed by atoms with Crippen molar-refractivity contribution < 1.29 is 9.59 Å². The molecule has 158 valence electrons. The average Bonchev–Trinajstić information content (AvgIpc) is 3.05. The van der Waals surface area contributed by atoms with E-state index < -0.39 is 5.25 Å². The number of hydrogen-bond donors (Lipinski definition) is 2. The molecule has 6 nitrogen and oxygen atoms in total. The average molecular weight is 437 g/mol. The van der Waals surface area contributed by atoms with Crippen molar-refractivity contribution in [2.24, 2.45) is 10.2 Å². The molecular weight excluding hydrogens is 408 g/mol. The first kappa shape index (κ1) is 23.4. The Hall–Kier alpha value is -1.86. The summed E-state index contributed by atoms with van der Waals surface area (Å²) in [6, 6.07) is 7.29. The van der Waals surface area contributed by atoms with Gasteiger partial charge in [0, 0.05) is 18.0 Å². The number of halogens is 1.